The van der Waals surface area contributed by atoms with Gasteiger partial charge in [0.15, 0.2) is 0 Å². The van der Waals surface area contributed by atoms with Crippen molar-refractivity contribution in [1.29, 1.82) is 0 Å². The summed E-state index contributed by atoms with van der Waals surface area (Å²) in [4.78, 5) is 0. The lowest BCUT2D eigenvalue weighted by molar-refractivity contribution is 1.56. The van der Waals surface area contributed by atoms with E-state index in [2.05, 4.69) is 48.5 Å². The van der Waals surface area contributed by atoms with E-state index in [0.717, 1.165) is 0 Å². The van der Waals surface area contributed by atoms with Crippen LogP contribution < -0.4 is 10.4 Å². The molecule has 0 bridgehead atoms. The Kier molecular flexibility index (Phi) is 6.05. The van der Waals surface area contributed by atoms with Crippen LogP contribution in [-0.4, -0.2) is 23.0 Å². The first-order valence-corrected chi connectivity index (χ1v) is 17.5. The van der Waals surface area contributed by atoms with Gasteiger partial charge < -0.3 is 0 Å². The molecule has 0 fully saturated rings. The number of benzene rings is 3. The number of thioether (sulfide) groups is 8. The molecule has 0 atom stereocenters. The molecule has 7 rings (SSSR count). The molecule has 32 heavy (non-hydrogen) atoms. The zero-order chi connectivity index (χ0) is 21.1. The maximum Gasteiger partial charge on any atom is 0.0660 e. The highest BCUT2D eigenvalue weighted by atomic mass is 32.3. The van der Waals surface area contributed by atoms with E-state index in [9.17, 15) is 0 Å². The van der Waals surface area contributed by atoms with Crippen molar-refractivity contribution in [2.75, 3.05) is 23.0 Å². The number of hydrogen-bond donors (Lipinski definition) is 0. The second-order valence-electron chi connectivity index (χ2n) is 7.37. The van der Waals surface area contributed by atoms with Gasteiger partial charge in [0.1, 0.15) is 0 Å². The molecular weight excluding hydrogens is 545 g/mol. The molecule has 4 aliphatic heterocycles. The second kappa shape index (κ2) is 9.01. The molecule has 0 radical (unpaired) electrons. The number of rotatable bonds is 0. The molecule has 160 valence electrons. The van der Waals surface area contributed by atoms with Gasteiger partial charge >= 0.3 is 0 Å². The van der Waals surface area contributed by atoms with Gasteiger partial charge in [0.05, 0.1) is 25.4 Å². The lowest BCUT2D eigenvalue weighted by Crippen LogP contribution is -2.16. The van der Waals surface area contributed by atoms with Crippen LogP contribution >= 0.6 is 94.1 Å². The maximum absolute atomic E-state index is 2.34. The Morgan fingerprint density at radius 3 is 0.938 bits per heavy atom. The van der Waals surface area contributed by atoms with Gasteiger partial charge in [-0.3, -0.25) is 0 Å². The van der Waals surface area contributed by atoms with Gasteiger partial charge in [-0.15, -0.1) is 47.0 Å². The van der Waals surface area contributed by atoms with E-state index in [1.165, 1.54) is 80.4 Å². The Balaban J connectivity index is 1.55. The Morgan fingerprint density at radius 2 is 0.656 bits per heavy atom. The van der Waals surface area contributed by atoms with Gasteiger partial charge in [0, 0.05) is 33.4 Å². The van der Waals surface area contributed by atoms with Crippen molar-refractivity contribution in [2.45, 2.75) is 0 Å². The quantitative estimate of drug-likeness (QED) is 0.249. The van der Waals surface area contributed by atoms with Gasteiger partial charge in [-0.2, -0.15) is 0 Å². The molecule has 0 nitrogen and oxygen atoms in total. The summed E-state index contributed by atoms with van der Waals surface area (Å²) in [7, 11) is 0. The molecule has 0 saturated heterocycles. The highest BCUT2D eigenvalue weighted by molar-refractivity contribution is 8.47. The molecule has 0 aliphatic carbocycles. The zero-order valence-corrected chi connectivity index (χ0v) is 23.2. The van der Waals surface area contributed by atoms with Crippen molar-refractivity contribution in [3.05, 3.63) is 75.9 Å². The lowest BCUT2D eigenvalue weighted by Gasteiger charge is -2.11. The average Bonchev–Trinajstić information content (AvgIpc) is 3.46. The van der Waals surface area contributed by atoms with Gasteiger partial charge in [-0.25, -0.2) is 0 Å². The monoisotopic (exact) mass is 560 g/mol. The van der Waals surface area contributed by atoms with Crippen molar-refractivity contribution in [3.63, 3.8) is 0 Å². The molecule has 3 aromatic rings. The van der Waals surface area contributed by atoms with E-state index >= 15 is 0 Å². The first kappa shape index (κ1) is 21.5. The Bertz CT molecular complexity index is 1270. The van der Waals surface area contributed by atoms with Gasteiger partial charge in [0.2, 0.25) is 0 Å². The topological polar surface area (TPSA) is 0 Å². The van der Waals surface area contributed by atoms with Crippen LogP contribution in [0.25, 0.3) is 30.0 Å². The molecule has 4 heterocycles. The summed E-state index contributed by atoms with van der Waals surface area (Å²) >= 11 is 16.2. The van der Waals surface area contributed by atoms with Crippen LogP contribution in [0.15, 0.2) is 65.5 Å². The lowest BCUT2D eigenvalue weighted by atomic mass is 9.99. The predicted molar refractivity (Wildman–Crippen MR) is 162 cm³/mol. The van der Waals surface area contributed by atoms with Crippen molar-refractivity contribution in [2.24, 2.45) is 0 Å². The molecule has 4 aliphatic rings. The molecule has 0 N–H and O–H groups in total. The summed E-state index contributed by atoms with van der Waals surface area (Å²) in [5, 5.41) is 8.44. The SMILES string of the molecule is c1ccc2c(=C3SC4=C(SCCS4)S3)c3ccccc3c(=C3SC4=C(SCCS4)S3)c2c1. The van der Waals surface area contributed by atoms with Crippen LogP contribution in [0.3, 0.4) is 0 Å². The van der Waals surface area contributed by atoms with E-state index in [4.69, 9.17) is 0 Å². The van der Waals surface area contributed by atoms with E-state index in [0.29, 0.717) is 0 Å². The highest BCUT2D eigenvalue weighted by Crippen LogP contribution is 2.61. The summed E-state index contributed by atoms with van der Waals surface area (Å²) in [5.74, 6) is 4.91. The minimum absolute atomic E-state index is 1.23. The van der Waals surface area contributed by atoms with E-state index in [-0.39, 0.29) is 0 Å². The van der Waals surface area contributed by atoms with Gasteiger partial charge in [-0.1, -0.05) is 95.6 Å². The third kappa shape index (κ3) is 3.63. The fourth-order valence-electron chi connectivity index (χ4n) is 4.21. The summed E-state index contributed by atoms with van der Waals surface area (Å²) < 4.78 is 8.97. The van der Waals surface area contributed by atoms with Gasteiger partial charge in [-0.05, 0) is 21.5 Å². The number of hydrogen-bond acceptors (Lipinski definition) is 8. The fraction of sp³-hybridized carbons (Fsp3) is 0.167. The van der Waals surface area contributed by atoms with Crippen molar-refractivity contribution >= 4 is 124 Å². The molecular formula is C24H16S8. The third-order valence-electron chi connectivity index (χ3n) is 5.51. The third-order valence-corrected chi connectivity index (χ3v) is 17.1. The van der Waals surface area contributed by atoms with Crippen molar-refractivity contribution in [1.82, 2.24) is 0 Å². The minimum Gasteiger partial charge on any atom is -0.116 e. The Morgan fingerprint density at radius 1 is 0.375 bits per heavy atom. The standard InChI is InChI=1S/C24H16S8/c1-2-6-14-13(5-1)17(19-29-21-22(30-19)26-10-9-25-21)15-7-3-4-8-16(15)18(14)20-31-23-24(32-20)28-12-11-27-23/h1-8H,9-12H2. The molecule has 0 amide bonds. The van der Waals surface area contributed by atoms with E-state index < -0.39 is 0 Å². The zero-order valence-electron chi connectivity index (χ0n) is 16.7. The maximum atomic E-state index is 2.34. The minimum atomic E-state index is 1.23. The smallest absolute Gasteiger partial charge is 0.0660 e. The predicted octanol–water partition coefficient (Wildman–Crippen LogP) is 8.30. The summed E-state index contributed by atoms with van der Waals surface area (Å²) in [6.45, 7) is 0. The Hall–Kier alpha value is 0.200. The molecule has 8 heteroatoms. The highest BCUT2D eigenvalue weighted by Gasteiger charge is 2.28. The summed E-state index contributed by atoms with van der Waals surface area (Å²) in [5.41, 5.74) is 0. The Labute approximate surface area is 221 Å². The van der Waals surface area contributed by atoms with Crippen LogP contribution in [0.2, 0.25) is 0 Å². The van der Waals surface area contributed by atoms with Crippen LogP contribution in [0, 0.1) is 0 Å². The number of fused-ring (bicyclic) bond motifs is 2. The normalized spacial score (nSPS) is 21.1. The summed E-state index contributed by atoms with van der Waals surface area (Å²) in [6.07, 6.45) is 0. The van der Waals surface area contributed by atoms with Crippen LogP contribution in [-0.2, 0) is 0 Å². The summed E-state index contributed by atoms with van der Waals surface area (Å²) in [6, 6.07) is 18.2. The second-order valence-corrected chi connectivity index (χ2v) is 17.4. The molecule has 0 spiro atoms. The fourth-order valence-corrected chi connectivity index (χ4v) is 16.4. The first-order chi connectivity index (χ1) is 15.9. The molecule has 0 unspecified atom stereocenters. The average molecular weight is 561 g/mol. The van der Waals surface area contributed by atoms with Crippen molar-refractivity contribution < 1.29 is 0 Å². The van der Waals surface area contributed by atoms with Crippen LogP contribution in [0.1, 0.15) is 0 Å². The van der Waals surface area contributed by atoms with Crippen LogP contribution in [0.4, 0.5) is 0 Å². The van der Waals surface area contributed by atoms with Crippen LogP contribution in [0.5, 0.6) is 0 Å². The first-order valence-electron chi connectivity index (χ1n) is 10.3. The van der Waals surface area contributed by atoms with E-state index in [1.807, 2.05) is 94.1 Å². The largest absolute Gasteiger partial charge is 0.116 e. The molecule has 3 aromatic carbocycles. The van der Waals surface area contributed by atoms with E-state index in [1.54, 1.807) is 0 Å². The molecule has 0 aromatic heterocycles. The van der Waals surface area contributed by atoms with Crippen molar-refractivity contribution in [3.8, 4) is 0 Å². The van der Waals surface area contributed by atoms with Gasteiger partial charge in [0.25, 0.3) is 0 Å². The molecule has 0 saturated carbocycles.